The Hall–Kier alpha value is -1.18. The van der Waals surface area contributed by atoms with Crippen molar-refractivity contribution in [2.75, 3.05) is 0 Å². The van der Waals surface area contributed by atoms with Crippen LogP contribution in [0.25, 0.3) is 0 Å². The fourth-order valence-corrected chi connectivity index (χ4v) is 1.47. The third-order valence-corrected chi connectivity index (χ3v) is 2.40. The van der Waals surface area contributed by atoms with E-state index in [1.165, 1.54) is 6.07 Å². The fourth-order valence-electron chi connectivity index (χ4n) is 1.47. The first-order valence-corrected chi connectivity index (χ1v) is 4.93. The third kappa shape index (κ3) is 2.95. The molecule has 0 radical (unpaired) electrons. The average molecular weight is 194 g/mol. The molecule has 0 fully saturated rings. The summed E-state index contributed by atoms with van der Waals surface area (Å²) in [5, 5.41) is 0. The Morgan fingerprint density at radius 2 is 2.14 bits per heavy atom. The molecule has 0 saturated carbocycles. The van der Waals surface area contributed by atoms with Gasteiger partial charge in [-0.25, -0.2) is 4.39 Å². The van der Waals surface area contributed by atoms with E-state index < -0.39 is 0 Å². The van der Waals surface area contributed by atoms with Crippen molar-refractivity contribution in [3.8, 4) is 0 Å². The monoisotopic (exact) mass is 194 g/mol. The van der Waals surface area contributed by atoms with Crippen LogP contribution in [0, 0.1) is 12.7 Å². The van der Waals surface area contributed by atoms with Crippen LogP contribution in [0.4, 0.5) is 4.39 Å². The van der Waals surface area contributed by atoms with Gasteiger partial charge in [0.1, 0.15) is 12.1 Å². The van der Waals surface area contributed by atoms with Crippen molar-refractivity contribution in [3.05, 3.63) is 35.1 Å². The maximum absolute atomic E-state index is 13.1. The molecule has 1 nitrogen and oxygen atoms in total. The maximum atomic E-state index is 13.1. The number of carbonyl (C=O) groups is 1. The number of unbranched alkanes of at least 4 members (excludes halogenated alkanes) is 2. The van der Waals surface area contributed by atoms with Crippen LogP contribution in [-0.4, -0.2) is 6.29 Å². The number of carbonyl (C=O) groups excluding carboxylic acids is 1. The summed E-state index contributed by atoms with van der Waals surface area (Å²) in [6, 6.07) is 5.15. The first-order valence-electron chi connectivity index (χ1n) is 4.93. The highest BCUT2D eigenvalue weighted by Gasteiger charge is 2.02. The number of hydrogen-bond donors (Lipinski definition) is 0. The van der Waals surface area contributed by atoms with Crippen LogP contribution < -0.4 is 0 Å². The van der Waals surface area contributed by atoms with Gasteiger partial charge in [-0.2, -0.15) is 0 Å². The van der Waals surface area contributed by atoms with Crippen LogP contribution in [-0.2, 0) is 11.2 Å². The molecular formula is C12H15FO. The molecule has 0 heterocycles. The summed E-state index contributed by atoms with van der Waals surface area (Å²) in [5.74, 6) is -0.141. The molecule has 0 spiro atoms. The van der Waals surface area contributed by atoms with Crippen molar-refractivity contribution in [2.24, 2.45) is 0 Å². The van der Waals surface area contributed by atoms with Gasteiger partial charge in [0, 0.05) is 6.42 Å². The summed E-state index contributed by atoms with van der Waals surface area (Å²) in [4.78, 5) is 10.1. The lowest BCUT2D eigenvalue weighted by Crippen LogP contribution is -1.93. The summed E-state index contributed by atoms with van der Waals surface area (Å²) in [7, 11) is 0. The molecule has 1 aromatic carbocycles. The quantitative estimate of drug-likeness (QED) is 0.520. The minimum Gasteiger partial charge on any atom is -0.303 e. The highest BCUT2D eigenvalue weighted by molar-refractivity contribution is 5.48. The Morgan fingerprint density at radius 1 is 1.36 bits per heavy atom. The molecule has 0 amide bonds. The molecule has 0 N–H and O–H groups in total. The second-order valence-corrected chi connectivity index (χ2v) is 3.44. The number of rotatable bonds is 5. The van der Waals surface area contributed by atoms with E-state index in [4.69, 9.17) is 0 Å². The topological polar surface area (TPSA) is 17.1 Å². The van der Waals surface area contributed by atoms with Gasteiger partial charge in [-0.3, -0.25) is 0 Å². The zero-order chi connectivity index (χ0) is 10.4. The number of aryl methyl sites for hydroxylation is 1. The Morgan fingerprint density at radius 3 is 2.86 bits per heavy atom. The van der Waals surface area contributed by atoms with Gasteiger partial charge >= 0.3 is 0 Å². The molecule has 0 aliphatic carbocycles. The zero-order valence-corrected chi connectivity index (χ0v) is 8.42. The second-order valence-electron chi connectivity index (χ2n) is 3.44. The highest BCUT2D eigenvalue weighted by atomic mass is 19.1. The molecule has 76 valence electrons. The van der Waals surface area contributed by atoms with Crippen molar-refractivity contribution in [2.45, 2.75) is 32.6 Å². The predicted molar refractivity (Wildman–Crippen MR) is 54.8 cm³/mol. The first-order chi connectivity index (χ1) is 6.75. The standard InChI is InChI=1S/C12H15FO/c1-10-11(6-3-2-4-9-14)7-5-8-12(10)13/h5,7-9H,2-4,6H2,1H3. The molecule has 0 aromatic heterocycles. The molecular weight excluding hydrogens is 179 g/mol. The lowest BCUT2D eigenvalue weighted by Gasteiger charge is -2.05. The molecule has 0 bridgehead atoms. The van der Waals surface area contributed by atoms with Crippen LogP contribution in [0.5, 0.6) is 0 Å². The minimum atomic E-state index is -0.141. The highest BCUT2D eigenvalue weighted by Crippen LogP contribution is 2.14. The molecule has 0 aliphatic rings. The van der Waals surface area contributed by atoms with E-state index in [-0.39, 0.29) is 5.82 Å². The molecule has 2 heteroatoms. The van der Waals surface area contributed by atoms with Gasteiger partial charge in [-0.05, 0) is 43.4 Å². The van der Waals surface area contributed by atoms with Gasteiger partial charge < -0.3 is 4.79 Å². The fraction of sp³-hybridized carbons (Fsp3) is 0.417. The summed E-state index contributed by atoms with van der Waals surface area (Å²) in [6.07, 6.45) is 4.23. The summed E-state index contributed by atoms with van der Waals surface area (Å²) >= 11 is 0. The molecule has 14 heavy (non-hydrogen) atoms. The van der Waals surface area contributed by atoms with Crippen LogP contribution in [0.15, 0.2) is 18.2 Å². The molecule has 0 unspecified atom stereocenters. The van der Waals surface area contributed by atoms with Gasteiger partial charge in [0.15, 0.2) is 0 Å². The largest absolute Gasteiger partial charge is 0.303 e. The van der Waals surface area contributed by atoms with Crippen LogP contribution in [0.3, 0.4) is 0 Å². The van der Waals surface area contributed by atoms with E-state index in [0.717, 1.165) is 36.7 Å². The number of aldehydes is 1. The van der Waals surface area contributed by atoms with Gasteiger partial charge in [0.25, 0.3) is 0 Å². The smallest absolute Gasteiger partial charge is 0.126 e. The second kappa shape index (κ2) is 5.53. The summed E-state index contributed by atoms with van der Waals surface area (Å²) < 4.78 is 13.1. The van der Waals surface area contributed by atoms with Gasteiger partial charge in [0.2, 0.25) is 0 Å². The van der Waals surface area contributed by atoms with Crippen LogP contribution >= 0.6 is 0 Å². The summed E-state index contributed by atoms with van der Waals surface area (Å²) in [5.41, 5.74) is 1.79. The Bertz CT molecular complexity index is 307. The Labute approximate surface area is 83.9 Å². The number of hydrogen-bond acceptors (Lipinski definition) is 1. The lowest BCUT2D eigenvalue weighted by atomic mass is 10.0. The van der Waals surface area contributed by atoms with Gasteiger partial charge in [-0.15, -0.1) is 0 Å². The molecule has 0 atom stereocenters. The SMILES string of the molecule is Cc1c(F)cccc1CCCCC=O. The van der Waals surface area contributed by atoms with E-state index >= 15 is 0 Å². The maximum Gasteiger partial charge on any atom is 0.126 e. The van der Waals surface area contributed by atoms with Crippen molar-refractivity contribution < 1.29 is 9.18 Å². The third-order valence-electron chi connectivity index (χ3n) is 2.40. The Balaban J connectivity index is 2.50. The number of halogens is 1. The lowest BCUT2D eigenvalue weighted by molar-refractivity contribution is -0.107. The van der Waals surface area contributed by atoms with Gasteiger partial charge in [-0.1, -0.05) is 12.1 Å². The first kappa shape index (κ1) is 10.9. The van der Waals surface area contributed by atoms with Crippen molar-refractivity contribution in [1.29, 1.82) is 0 Å². The van der Waals surface area contributed by atoms with Crippen molar-refractivity contribution >= 4 is 6.29 Å². The van der Waals surface area contributed by atoms with Crippen LogP contribution in [0.2, 0.25) is 0 Å². The van der Waals surface area contributed by atoms with E-state index in [9.17, 15) is 9.18 Å². The molecule has 0 saturated heterocycles. The van der Waals surface area contributed by atoms with E-state index in [1.807, 2.05) is 6.07 Å². The normalized spacial score (nSPS) is 10.1. The van der Waals surface area contributed by atoms with E-state index in [0.29, 0.717) is 6.42 Å². The van der Waals surface area contributed by atoms with E-state index in [2.05, 4.69) is 0 Å². The predicted octanol–water partition coefficient (Wildman–Crippen LogP) is 3.05. The minimum absolute atomic E-state index is 0.141. The van der Waals surface area contributed by atoms with Crippen molar-refractivity contribution in [3.63, 3.8) is 0 Å². The van der Waals surface area contributed by atoms with E-state index in [1.54, 1.807) is 13.0 Å². The number of benzene rings is 1. The molecule has 0 aliphatic heterocycles. The summed E-state index contributed by atoms with van der Waals surface area (Å²) in [6.45, 7) is 1.80. The van der Waals surface area contributed by atoms with Gasteiger partial charge in [0.05, 0.1) is 0 Å². The van der Waals surface area contributed by atoms with Crippen molar-refractivity contribution in [1.82, 2.24) is 0 Å². The Kier molecular flexibility index (Phi) is 4.30. The van der Waals surface area contributed by atoms with Crippen LogP contribution in [0.1, 0.15) is 30.4 Å². The average Bonchev–Trinajstić information content (AvgIpc) is 2.19. The molecule has 1 rings (SSSR count). The zero-order valence-electron chi connectivity index (χ0n) is 8.42. The molecule has 1 aromatic rings.